The lowest BCUT2D eigenvalue weighted by Gasteiger charge is -2.12. The van der Waals surface area contributed by atoms with Crippen LogP contribution in [0.3, 0.4) is 0 Å². The fourth-order valence-corrected chi connectivity index (χ4v) is 5.49. The van der Waals surface area contributed by atoms with Crippen LogP contribution in [0.2, 0.25) is 0 Å². The van der Waals surface area contributed by atoms with Crippen molar-refractivity contribution in [1.82, 2.24) is 34.2 Å². The summed E-state index contributed by atoms with van der Waals surface area (Å²) >= 11 is 3.47. The summed E-state index contributed by atoms with van der Waals surface area (Å²) in [5.74, 6) is 2.44. The zero-order valence-electron chi connectivity index (χ0n) is 27.2. The van der Waals surface area contributed by atoms with E-state index in [0.29, 0.717) is 24.9 Å². The molecule has 48 heavy (non-hydrogen) atoms. The third-order valence-corrected chi connectivity index (χ3v) is 8.30. The zero-order valence-corrected chi connectivity index (χ0v) is 28.8. The van der Waals surface area contributed by atoms with Gasteiger partial charge < -0.3 is 15.8 Å². The zero-order chi connectivity index (χ0) is 33.6. The van der Waals surface area contributed by atoms with E-state index in [2.05, 4.69) is 98.7 Å². The Balaban J connectivity index is 0.000000170. The van der Waals surface area contributed by atoms with Crippen molar-refractivity contribution in [2.45, 2.75) is 52.6 Å². The number of pyridine rings is 2. The minimum atomic E-state index is 0.313. The van der Waals surface area contributed by atoms with E-state index in [1.807, 2.05) is 53.3 Å². The number of aromatic nitrogens is 8. The maximum absolute atomic E-state index is 11.3. The standard InChI is InChI=1S/C21H21N5.C15H16BrN5O/c1-15(2)18-14-24-26-20(23-13-16-7-6-10-22-12-16)11-19(25-21(18)26)17-8-4-3-5-9-17;1-10(2)13-6-14(21-15(19-13)12(16)8-18-21)17-7-11-4-3-5-20(22)9-11/h3-12,14-15,23H,13H2,1-2H3;3-6,8-10,17H,7H2,1-2H3. The Bertz CT molecular complexity index is 2130. The van der Waals surface area contributed by atoms with Crippen molar-refractivity contribution in [1.29, 1.82) is 0 Å². The molecule has 0 bridgehead atoms. The molecule has 0 saturated heterocycles. The molecular formula is C36H37BrN10O. The highest BCUT2D eigenvalue weighted by Crippen LogP contribution is 2.27. The SMILES string of the molecule is CC(C)c1cc(NCc2ccc[n+]([O-])c2)n2ncc(Br)c2n1.CC(C)c1cnn2c(NCc3cccnc3)cc(-c3ccccc3)nc12. The molecule has 0 aliphatic heterocycles. The van der Waals surface area contributed by atoms with E-state index >= 15 is 0 Å². The van der Waals surface area contributed by atoms with Crippen LogP contribution in [0.25, 0.3) is 22.6 Å². The number of nitrogens with one attached hydrogen (secondary N) is 2. The van der Waals surface area contributed by atoms with Gasteiger partial charge in [-0.1, -0.05) is 64.1 Å². The van der Waals surface area contributed by atoms with Gasteiger partial charge in [0.25, 0.3) is 0 Å². The van der Waals surface area contributed by atoms with Gasteiger partial charge in [-0.25, -0.2) is 9.97 Å². The number of nitrogens with zero attached hydrogens (tertiary/aromatic N) is 8. The molecule has 1 aromatic carbocycles. The summed E-state index contributed by atoms with van der Waals surface area (Å²) in [6.45, 7) is 9.75. The van der Waals surface area contributed by atoms with E-state index in [1.165, 1.54) is 6.20 Å². The highest BCUT2D eigenvalue weighted by Gasteiger charge is 2.15. The lowest BCUT2D eigenvalue weighted by atomic mass is 10.1. The first-order chi connectivity index (χ1) is 23.3. The van der Waals surface area contributed by atoms with Gasteiger partial charge in [0.1, 0.15) is 11.6 Å². The Morgan fingerprint density at radius 2 is 1.48 bits per heavy atom. The quantitative estimate of drug-likeness (QED) is 0.118. The smallest absolute Gasteiger partial charge is 0.185 e. The lowest BCUT2D eigenvalue weighted by molar-refractivity contribution is -0.605. The monoisotopic (exact) mass is 704 g/mol. The van der Waals surface area contributed by atoms with E-state index < -0.39 is 0 Å². The number of hydrogen-bond donors (Lipinski definition) is 2. The van der Waals surface area contributed by atoms with Crippen molar-refractivity contribution in [3.8, 4) is 11.3 Å². The third-order valence-electron chi connectivity index (χ3n) is 7.74. The summed E-state index contributed by atoms with van der Waals surface area (Å²) in [4.78, 5) is 13.7. The first kappa shape index (κ1) is 32.6. The molecule has 0 saturated carbocycles. The van der Waals surface area contributed by atoms with Crippen molar-refractivity contribution in [2.75, 3.05) is 10.6 Å². The summed E-state index contributed by atoms with van der Waals surface area (Å²) in [6, 6.07) is 21.9. The number of anilines is 2. The third kappa shape index (κ3) is 7.44. The first-order valence-corrected chi connectivity index (χ1v) is 16.6. The van der Waals surface area contributed by atoms with Gasteiger partial charge in [0, 0.05) is 66.1 Å². The van der Waals surface area contributed by atoms with Crippen LogP contribution in [0.5, 0.6) is 0 Å². The van der Waals surface area contributed by atoms with Crippen LogP contribution in [0.4, 0.5) is 11.6 Å². The Morgan fingerprint density at radius 3 is 2.19 bits per heavy atom. The maximum Gasteiger partial charge on any atom is 0.185 e. The summed E-state index contributed by atoms with van der Waals surface area (Å²) in [7, 11) is 0. The van der Waals surface area contributed by atoms with E-state index in [-0.39, 0.29) is 0 Å². The normalized spacial score (nSPS) is 11.2. The molecular weight excluding hydrogens is 668 g/mol. The number of fused-ring (bicyclic) bond motifs is 2. The Labute approximate surface area is 287 Å². The van der Waals surface area contributed by atoms with Crippen LogP contribution in [0.1, 0.15) is 61.9 Å². The van der Waals surface area contributed by atoms with Crippen molar-refractivity contribution in [3.63, 3.8) is 0 Å². The molecule has 0 aliphatic rings. The molecule has 0 unspecified atom stereocenters. The summed E-state index contributed by atoms with van der Waals surface area (Å²) in [5, 5.41) is 27.0. The van der Waals surface area contributed by atoms with Gasteiger partial charge in [-0.15, -0.1) is 0 Å². The highest BCUT2D eigenvalue weighted by molar-refractivity contribution is 9.10. The average Bonchev–Trinajstić information content (AvgIpc) is 3.71. The van der Waals surface area contributed by atoms with Gasteiger partial charge in [0.2, 0.25) is 0 Å². The van der Waals surface area contributed by atoms with Gasteiger partial charge >= 0.3 is 0 Å². The Morgan fingerprint density at radius 1 is 0.771 bits per heavy atom. The number of rotatable bonds is 9. The van der Waals surface area contributed by atoms with Gasteiger partial charge in [0.15, 0.2) is 23.7 Å². The lowest BCUT2D eigenvalue weighted by Crippen LogP contribution is -2.25. The topological polar surface area (TPSA) is 124 Å². The van der Waals surface area contributed by atoms with Gasteiger partial charge in [-0.2, -0.15) is 24.0 Å². The molecule has 0 fully saturated rings. The minimum Gasteiger partial charge on any atom is -0.619 e. The Hall–Kier alpha value is -5.36. The predicted octanol–water partition coefficient (Wildman–Crippen LogP) is 7.39. The van der Waals surface area contributed by atoms with Crippen LogP contribution < -0.4 is 15.4 Å². The molecule has 12 heteroatoms. The van der Waals surface area contributed by atoms with Crippen LogP contribution in [0, 0.1) is 5.21 Å². The van der Waals surface area contributed by atoms with E-state index in [1.54, 1.807) is 29.2 Å². The number of halogens is 1. The van der Waals surface area contributed by atoms with Gasteiger partial charge in [-0.3, -0.25) is 4.98 Å². The van der Waals surface area contributed by atoms with Crippen LogP contribution >= 0.6 is 15.9 Å². The molecule has 0 radical (unpaired) electrons. The number of benzene rings is 1. The molecule has 7 aromatic rings. The van der Waals surface area contributed by atoms with E-state index in [4.69, 9.17) is 4.98 Å². The van der Waals surface area contributed by atoms with Crippen molar-refractivity contribution in [2.24, 2.45) is 0 Å². The molecule has 7 rings (SSSR count). The molecule has 0 atom stereocenters. The van der Waals surface area contributed by atoms with Crippen molar-refractivity contribution < 1.29 is 4.73 Å². The molecule has 6 aromatic heterocycles. The fraction of sp³-hybridized carbons (Fsp3) is 0.222. The molecule has 0 aliphatic carbocycles. The molecule has 11 nitrogen and oxygen atoms in total. The second-order valence-corrected chi connectivity index (χ2v) is 12.8. The summed E-state index contributed by atoms with van der Waals surface area (Å²) in [6.07, 6.45) is 10.3. The molecule has 6 heterocycles. The molecule has 2 N–H and O–H groups in total. The fourth-order valence-electron chi connectivity index (χ4n) is 5.14. The minimum absolute atomic E-state index is 0.313. The predicted molar refractivity (Wildman–Crippen MR) is 192 cm³/mol. The molecule has 244 valence electrons. The van der Waals surface area contributed by atoms with Gasteiger partial charge in [-0.05, 0) is 45.5 Å². The summed E-state index contributed by atoms with van der Waals surface area (Å²) in [5.41, 5.74) is 7.87. The van der Waals surface area contributed by atoms with Crippen LogP contribution in [-0.2, 0) is 13.1 Å². The van der Waals surface area contributed by atoms with Gasteiger partial charge in [0.05, 0.1) is 22.6 Å². The highest BCUT2D eigenvalue weighted by atomic mass is 79.9. The summed E-state index contributed by atoms with van der Waals surface area (Å²) < 4.78 is 5.29. The second kappa shape index (κ2) is 14.6. The maximum atomic E-state index is 11.3. The van der Waals surface area contributed by atoms with Crippen LogP contribution in [0.15, 0.2) is 108 Å². The average molecular weight is 706 g/mol. The Kier molecular flexibility index (Phi) is 9.91. The van der Waals surface area contributed by atoms with E-state index in [0.717, 1.165) is 65.8 Å². The molecule has 0 amide bonds. The van der Waals surface area contributed by atoms with E-state index in [9.17, 15) is 5.21 Å². The largest absolute Gasteiger partial charge is 0.619 e. The van der Waals surface area contributed by atoms with Crippen LogP contribution in [-0.4, -0.2) is 34.2 Å². The first-order valence-electron chi connectivity index (χ1n) is 15.8. The van der Waals surface area contributed by atoms with Crippen molar-refractivity contribution >= 4 is 38.9 Å². The molecule has 0 spiro atoms. The van der Waals surface area contributed by atoms with Crippen molar-refractivity contribution in [3.05, 3.63) is 136 Å². The second-order valence-electron chi connectivity index (χ2n) is 12.0. The number of hydrogen-bond acceptors (Lipinski definition) is 8.